The number of nitrogens with zero attached hydrogens (tertiary/aromatic N) is 4. The molecule has 2 heterocycles. The van der Waals surface area contributed by atoms with E-state index >= 15 is 0 Å². The van der Waals surface area contributed by atoms with Gasteiger partial charge in [0.15, 0.2) is 5.82 Å². The average molecular weight is 498 g/mol. The maximum atomic E-state index is 12.6. The lowest BCUT2D eigenvalue weighted by Gasteiger charge is -2.08. The third-order valence-corrected chi connectivity index (χ3v) is 5.50. The van der Waals surface area contributed by atoms with Crippen molar-refractivity contribution in [2.45, 2.75) is 13.0 Å². The Kier molecular flexibility index (Phi) is 6.34. The van der Waals surface area contributed by atoms with E-state index < -0.39 is 0 Å². The van der Waals surface area contributed by atoms with Crippen LogP contribution < -0.4 is 10.1 Å². The first-order chi connectivity index (χ1) is 15.0. The summed E-state index contributed by atoms with van der Waals surface area (Å²) in [5.41, 5.74) is 1.76. The number of nitrogens with one attached hydrogen (secondary N) is 1. The van der Waals surface area contributed by atoms with Gasteiger partial charge in [-0.15, -0.1) is 0 Å². The van der Waals surface area contributed by atoms with Crippen LogP contribution in [0.3, 0.4) is 0 Å². The first-order valence-electron chi connectivity index (χ1n) is 9.54. The van der Waals surface area contributed by atoms with Gasteiger partial charge in [-0.25, -0.2) is 9.36 Å². The van der Waals surface area contributed by atoms with Gasteiger partial charge in [0.1, 0.15) is 12.3 Å². The number of hydrogen-bond acceptors (Lipinski definition) is 4. The van der Waals surface area contributed by atoms with Crippen molar-refractivity contribution in [1.82, 2.24) is 19.1 Å². The van der Waals surface area contributed by atoms with E-state index in [9.17, 15) is 4.79 Å². The van der Waals surface area contributed by atoms with Crippen LogP contribution in [0.2, 0.25) is 0 Å². The predicted octanol–water partition coefficient (Wildman–Crippen LogP) is 4.53. The summed E-state index contributed by atoms with van der Waals surface area (Å²) in [6.45, 7) is 0.00915. The summed E-state index contributed by atoms with van der Waals surface area (Å²) >= 11 is 9.06. The minimum atomic E-state index is -0.206. The molecular formula is C22H20BrN5O2S. The van der Waals surface area contributed by atoms with Gasteiger partial charge in [0.25, 0.3) is 0 Å². The molecule has 7 nitrogen and oxygen atoms in total. The first kappa shape index (κ1) is 21.1. The molecule has 0 saturated carbocycles. The van der Waals surface area contributed by atoms with Gasteiger partial charge in [-0.3, -0.25) is 9.47 Å². The molecule has 0 saturated heterocycles. The van der Waals surface area contributed by atoms with Gasteiger partial charge in [0.05, 0.1) is 7.11 Å². The summed E-state index contributed by atoms with van der Waals surface area (Å²) in [6.07, 6.45) is 4.33. The van der Waals surface area contributed by atoms with Crippen LogP contribution >= 0.6 is 28.1 Å². The summed E-state index contributed by atoms with van der Waals surface area (Å²) in [5.74, 6) is 1.31. The standard InChI is InChI=1S/C22H20BrN5O2S/c1-30-19-9-7-16(8-10-19)13-20-25-27(22(31)28(20)26-11-2-3-12-26)15-21(29)24-18-6-4-5-17(23)14-18/h2-12,14H,13,15H2,1H3,(H,24,29). The van der Waals surface area contributed by atoms with Gasteiger partial charge >= 0.3 is 0 Å². The number of anilines is 1. The van der Waals surface area contributed by atoms with E-state index in [4.69, 9.17) is 17.0 Å². The molecule has 31 heavy (non-hydrogen) atoms. The van der Waals surface area contributed by atoms with Gasteiger partial charge in [-0.05, 0) is 60.2 Å². The third-order valence-electron chi connectivity index (χ3n) is 4.63. The van der Waals surface area contributed by atoms with Crippen LogP contribution in [0, 0.1) is 4.77 Å². The molecule has 0 aliphatic carbocycles. The zero-order valence-corrected chi connectivity index (χ0v) is 19.1. The van der Waals surface area contributed by atoms with Crippen LogP contribution in [0.15, 0.2) is 77.5 Å². The smallest absolute Gasteiger partial charge is 0.246 e. The molecule has 0 aliphatic heterocycles. The van der Waals surface area contributed by atoms with E-state index in [1.54, 1.807) is 11.8 Å². The zero-order valence-electron chi connectivity index (χ0n) is 16.7. The molecule has 0 fully saturated rings. The number of amides is 1. The van der Waals surface area contributed by atoms with Crippen molar-refractivity contribution in [2.24, 2.45) is 0 Å². The Balaban J connectivity index is 1.61. The number of carbonyl (C=O) groups excluding carboxylic acids is 1. The summed E-state index contributed by atoms with van der Waals surface area (Å²) < 4.78 is 11.8. The molecule has 0 aliphatic rings. The molecule has 4 aromatic rings. The molecule has 0 spiro atoms. The largest absolute Gasteiger partial charge is 0.497 e. The molecule has 2 aromatic carbocycles. The second-order valence-corrected chi connectivity index (χ2v) is 8.10. The van der Waals surface area contributed by atoms with Gasteiger partial charge in [0.2, 0.25) is 10.7 Å². The molecule has 9 heteroatoms. The molecule has 0 bridgehead atoms. The number of rotatable bonds is 7. The quantitative estimate of drug-likeness (QED) is 0.381. The average Bonchev–Trinajstić information content (AvgIpc) is 3.37. The number of methoxy groups -OCH3 is 1. The number of benzene rings is 2. The molecular weight excluding hydrogens is 478 g/mol. The second kappa shape index (κ2) is 9.32. The minimum absolute atomic E-state index is 0.00915. The molecule has 0 radical (unpaired) electrons. The lowest BCUT2D eigenvalue weighted by Crippen LogP contribution is -2.20. The summed E-state index contributed by atoms with van der Waals surface area (Å²) in [7, 11) is 1.64. The van der Waals surface area contributed by atoms with Crippen LogP contribution in [-0.2, 0) is 17.8 Å². The summed E-state index contributed by atoms with van der Waals surface area (Å²) in [6, 6.07) is 19.0. The fourth-order valence-electron chi connectivity index (χ4n) is 3.18. The topological polar surface area (TPSA) is 66.0 Å². The number of ether oxygens (including phenoxy) is 1. The van der Waals surface area contributed by atoms with E-state index in [1.165, 1.54) is 0 Å². The Morgan fingerprint density at radius 1 is 1.13 bits per heavy atom. The number of carbonyl (C=O) groups is 1. The fourth-order valence-corrected chi connectivity index (χ4v) is 3.88. The highest BCUT2D eigenvalue weighted by Crippen LogP contribution is 2.17. The normalized spacial score (nSPS) is 10.8. The lowest BCUT2D eigenvalue weighted by atomic mass is 10.1. The van der Waals surface area contributed by atoms with Crippen molar-refractivity contribution in [3.8, 4) is 5.75 Å². The number of halogens is 1. The molecule has 4 rings (SSSR count). The maximum Gasteiger partial charge on any atom is 0.246 e. The molecule has 0 atom stereocenters. The minimum Gasteiger partial charge on any atom is -0.497 e. The first-order valence-corrected chi connectivity index (χ1v) is 10.7. The Bertz CT molecular complexity index is 1250. The molecule has 2 aromatic heterocycles. The van der Waals surface area contributed by atoms with Crippen molar-refractivity contribution in [3.63, 3.8) is 0 Å². The monoisotopic (exact) mass is 497 g/mol. The third kappa shape index (κ3) is 4.95. The van der Waals surface area contributed by atoms with Crippen molar-refractivity contribution < 1.29 is 9.53 Å². The van der Waals surface area contributed by atoms with E-state index in [-0.39, 0.29) is 12.5 Å². The highest BCUT2D eigenvalue weighted by molar-refractivity contribution is 9.10. The van der Waals surface area contributed by atoms with E-state index in [2.05, 4.69) is 26.3 Å². The van der Waals surface area contributed by atoms with Gasteiger partial charge in [-0.1, -0.05) is 34.1 Å². The SMILES string of the molecule is COc1ccc(Cc2nn(CC(=O)Nc3cccc(Br)c3)c(=S)n2-n2cccc2)cc1. The van der Waals surface area contributed by atoms with E-state index in [0.29, 0.717) is 16.9 Å². The second-order valence-electron chi connectivity index (χ2n) is 6.81. The van der Waals surface area contributed by atoms with Crippen molar-refractivity contribution in [3.05, 3.63) is 93.7 Å². The number of hydrogen-bond donors (Lipinski definition) is 1. The summed E-state index contributed by atoms with van der Waals surface area (Å²) in [4.78, 5) is 12.6. The van der Waals surface area contributed by atoms with E-state index in [0.717, 1.165) is 21.6 Å². The van der Waals surface area contributed by atoms with Crippen LogP contribution in [0.5, 0.6) is 5.75 Å². The fraction of sp³-hybridized carbons (Fsp3) is 0.136. The van der Waals surface area contributed by atoms with Crippen molar-refractivity contribution in [1.29, 1.82) is 0 Å². The maximum absolute atomic E-state index is 12.6. The Morgan fingerprint density at radius 3 is 2.55 bits per heavy atom. The zero-order chi connectivity index (χ0) is 21.8. The van der Waals surface area contributed by atoms with Crippen LogP contribution in [0.25, 0.3) is 0 Å². The highest BCUT2D eigenvalue weighted by atomic mass is 79.9. The Hall–Kier alpha value is -3.17. The Labute approximate surface area is 193 Å². The summed E-state index contributed by atoms with van der Waals surface area (Å²) in [5, 5.41) is 7.53. The van der Waals surface area contributed by atoms with E-state index in [1.807, 2.05) is 82.4 Å². The molecule has 158 valence electrons. The Morgan fingerprint density at radius 2 is 1.87 bits per heavy atom. The van der Waals surface area contributed by atoms with Gasteiger partial charge in [-0.2, -0.15) is 5.10 Å². The van der Waals surface area contributed by atoms with Crippen LogP contribution in [0.1, 0.15) is 11.4 Å². The molecule has 1 amide bonds. The predicted molar refractivity (Wildman–Crippen MR) is 125 cm³/mol. The van der Waals surface area contributed by atoms with Gasteiger partial charge < -0.3 is 10.1 Å². The van der Waals surface area contributed by atoms with Crippen molar-refractivity contribution in [2.75, 3.05) is 12.4 Å². The van der Waals surface area contributed by atoms with Crippen molar-refractivity contribution >= 4 is 39.7 Å². The highest BCUT2D eigenvalue weighted by Gasteiger charge is 2.15. The lowest BCUT2D eigenvalue weighted by molar-refractivity contribution is -0.116. The van der Waals surface area contributed by atoms with Crippen LogP contribution in [0.4, 0.5) is 5.69 Å². The molecule has 0 unspecified atom stereocenters. The van der Waals surface area contributed by atoms with Crippen LogP contribution in [-0.4, -0.2) is 32.1 Å². The molecule has 1 N–H and O–H groups in total. The number of aromatic nitrogens is 4. The van der Waals surface area contributed by atoms with Gasteiger partial charge in [0, 0.05) is 29.0 Å².